The fourth-order valence-electron chi connectivity index (χ4n) is 4.35. The van der Waals surface area contributed by atoms with Gasteiger partial charge in [-0.15, -0.1) is 11.3 Å². The van der Waals surface area contributed by atoms with E-state index in [0.717, 1.165) is 6.07 Å². The SMILES string of the molecule is CCOC(=O)C1=C(CN2CC(OCC(=O)O)CC(F)(F)C2)NC(c2nccs2)=N[C@H]1c1ccc(F)cc1Cl. The fraction of sp³-hybridized carbons (Fsp3) is 0.417. The summed E-state index contributed by atoms with van der Waals surface area (Å²) in [6.07, 6.45) is -0.114. The molecule has 0 saturated carbocycles. The lowest BCUT2D eigenvalue weighted by Crippen LogP contribution is -2.52. The highest BCUT2D eigenvalue weighted by atomic mass is 35.5. The number of hydrogen-bond donors (Lipinski definition) is 2. The number of halogens is 4. The molecule has 2 N–H and O–H groups in total. The van der Waals surface area contributed by atoms with Gasteiger partial charge in [-0.25, -0.2) is 27.7 Å². The van der Waals surface area contributed by atoms with Gasteiger partial charge >= 0.3 is 11.9 Å². The number of aromatic nitrogens is 1. The number of rotatable bonds is 9. The number of alkyl halides is 2. The van der Waals surface area contributed by atoms with Crippen LogP contribution in [-0.4, -0.2) is 77.6 Å². The third kappa shape index (κ3) is 6.70. The lowest BCUT2D eigenvalue weighted by atomic mass is 9.94. The van der Waals surface area contributed by atoms with Crippen molar-refractivity contribution in [3.8, 4) is 0 Å². The van der Waals surface area contributed by atoms with Crippen LogP contribution in [0.25, 0.3) is 0 Å². The van der Waals surface area contributed by atoms with Crippen molar-refractivity contribution in [1.29, 1.82) is 0 Å². The van der Waals surface area contributed by atoms with E-state index < -0.39 is 55.4 Å². The summed E-state index contributed by atoms with van der Waals surface area (Å²) in [5.74, 6) is -5.48. The molecule has 2 aliphatic rings. The number of thiazole rings is 1. The standard InChI is InChI=1S/C24H24ClF3N4O5S/c1-2-36-23(35)19-17(10-32-9-14(37-11-18(33)34)8-24(27,28)12-32)30-21(22-29-5-6-38-22)31-20(19)15-4-3-13(26)7-16(15)25/h3-7,14,20H,2,8-12H2,1H3,(H,30,31)(H,33,34)/t14?,20-/m0/s1. The van der Waals surface area contributed by atoms with Gasteiger partial charge in [0.25, 0.3) is 5.92 Å². The molecule has 9 nitrogen and oxygen atoms in total. The maximum Gasteiger partial charge on any atom is 0.338 e. The third-order valence-corrected chi connectivity index (χ3v) is 6.89. The second kappa shape index (κ2) is 11.8. The van der Waals surface area contributed by atoms with E-state index in [1.54, 1.807) is 18.5 Å². The van der Waals surface area contributed by atoms with Gasteiger partial charge in [-0.1, -0.05) is 17.7 Å². The average molecular weight is 573 g/mol. The summed E-state index contributed by atoms with van der Waals surface area (Å²) in [6, 6.07) is 2.63. The number of amidine groups is 1. The van der Waals surface area contributed by atoms with Crippen molar-refractivity contribution in [3.05, 3.63) is 62.5 Å². The molecule has 4 rings (SSSR count). The van der Waals surface area contributed by atoms with Crippen molar-refractivity contribution in [2.24, 2.45) is 4.99 Å². The van der Waals surface area contributed by atoms with Crippen molar-refractivity contribution in [2.45, 2.75) is 31.4 Å². The molecule has 1 unspecified atom stereocenters. The molecular weight excluding hydrogens is 549 g/mol. The van der Waals surface area contributed by atoms with Crippen LogP contribution in [0.4, 0.5) is 13.2 Å². The number of aliphatic imine (C=N–C) groups is 1. The Kier molecular flexibility index (Phi) is 8.71. The fourth-order valence-corrected chi connectivity index (χ4v) is 5.21. The van der Waals surface area contributed by atoms with E-state index >= 15 is 0 Å². The monoisotopic (exact) mass is 572 g/mol. The quantitative estimate of drug-likeness (QED) is 0.438. The molecule has 2 aromatic rings. The van der Waals surface area contributed by atoms with Crippen LogP contribution < -0.4 is 5.32 Å². The maximum absolute atomic E-state index is 14.6. The van der Waals surface area contributed by atoms with Crippen molar-refractivity contribution >= 4 is 40.7 Å². The highest BCUT2D eigenvalue weighted by Crippen LogP contribution is 2.37. The molecule has 0 bridgehead atoms. The van der Waals surface area contributed by atoms with E-state index in [9.17, 15) is 22.8 Å². The minimum atomic E-state index is -3.16. The molecule has 1 aromatic heterocycles. The number of likely N-dealkylation sites (tertiary alicyclic amines) is 1. The Morgan fingerprint density at radius 2 is 2.16 bits per heavy atom. The van der Waals surface area contributed by atoms with Crippen LogP contribution in [0.5, 0.6) is 0 Å². The van der Waals surface area contributed by atoms with E-state index in [0.29, 0.717) is 10.6 Å². The number of carboxylic acids is 1. The van der Waals surface area contributed by atoms with Gasteiger partial charge in [-0.2, -0.15) is 0 Å². The van der Waals surface area contributed by atoms with Crippen LogP contribution in [0.2, 0.25) is 5.02 Å². The molecule has 1 saturated heterocycles. The van der Waals surface area contributed by atoms with E-state index in [1.807, 2.05) is 0 Å². The van der Waals surface area contributed by atoms with Crippen molar-refractivity contribution < 1.29 is 37.3 Å². The lowest BCUT2D eigenvalue weighted by Gasteiger charge is -2.38. The summed E-state index contributed by atoms with van der Waals surface area (Å²) in [5, 5.41) is 14.2. The number of esters is 1. The number of carbonyl (C=O) groups excluding carboxylic acids is 1. The van der Waals surface area contributed by atoms with Crippen LogP contribution in [0, 0.1) is 5.82 Å². The van der Waals surface area contributed by atoms with Gasteiger partial charge in [0.05, 0.1) is 24.8 Å². The summed E-state index contributed by atoms with van der Waals surface area (Å²) in [6.45, 7) is 0.123. The number of carbonyl (C=O) groups is 2. The molecule has 1 fully saturated rings. The average Bonchev–Trinajstić information content (AvgIpc) is 3.37. The first-order valence-electron chi connectivity index (χ1n) is 11.6. The van der Waals surface area contributed by atoms with Gasteiger partial charge in [0, 0.05) is 47.4 Å². The van der Waals surface area contributed by atoms with Crippen LogP contribution >= 0.6 is 22.9 Å². The first-order chi connectivity index (χ1) is 18.1. The molecule has 0 amide bonds. The molecule has 3 heterocycles. The zero-order valence-electron chi connectivity index (χ0n) is 20.1. The van der Waals surface area contributed by atoms with E-state index in [1.165, 1.54) is 28.4 Å². The van der Waals surface area contributed by atoms with Gasteiger partial charge in [0.2, 0.25) is 0 Å². The molecular formula is C24H24ClF3N4O5S. The number of nitrogens with zero attached hydrogens (tertiary/aromatic N) is 3. The topological polar surface area (TPSA) is 113 Å². The Bertz CT molecular complexity index is 1260. The number of ether oxygens (including phenoxy) is 2. The molecule has 0 spiro atoms. The highest BCUT2D eigenvalue weighted by molar-refractivity contribution is 7.11. The summed E-state index contributed by atoms with van der Waals surface area (Å²) >= 11 is 7.61. The number of piperidine rings is 1. The zero-order valence-corrected chi connectivity index (χ0v) is 21.7. The normalized spacial score (nSPS) is 21.6. The van der Waals surface area contributed by atoms with Crippen LogP contribution in [0.15, 0.2) is 46.0 Å². The number of hydrogen-bond acceptors (Lipinski definition) is 9. The first-order valence-corrected chi connectivity index (χ1v) is 12.9. The van der Waals surface area contributed by atoms with E-state index in [-0.39, 0.29) is 41.8 Å². The predicted molar refractivity (Wildman–Crippen MR) is 133 cm³/mol. The van der Waals surface area contributed by atoms with Crippen molar-refractivity contribution in [1.82, 2.24) is 15.2 Å². The second-order valence-electron chi connectivity index (χ2n) is 8.68. The van der Waals surface area contributed by atoms with Gasteiger partial charge in [0.1, 0.15) is 18.5 Å². The molecule has 38 heavy (non-hydrogen) atoms. The number of nitrogens with one attached hydrogen (secondary N) is 1. The highest BCUT2D eigenvalue weighted by Gasteiger charge is 2.42. The van der Waals surface area contributed by atoms with E-state index in [4.69, 9.17) is 26.2 Å². The van der Waals surface area contributed by atoms with Crippen LogP contribution in [-0.2, 0) is 19.1 Å². The Balaban J connectivity index is 1.75. The number of aliphatic carboxylic acids is 1. The minimum Gasteiger partial charge on any atom is -0.480 e. The Hall–Kier alpha value is -3.00. The molecule has 1 aromatic carbocycles. The lowest BCUT2D eigenvalue weighted by molar-refractivity contribution is -0.154. The molecule has 204 valence electrons. The van der Waals surface area contributed by atoms with Gasteiger partial charge in [0.15, 0.2) is 10.8 Å². The van der Waals surface area contributed by atoms with Gasteiger partial charge < -0.3 is 19.9 Å². The third-order valence-electron chi connectivity index (χ3n) is 5.78. The Morgan fingerprint density at radius 1 is 1.37 bits per heavy atom. The van der Waals surface area contributed by atoms with Crippen LogP contribution in [0.1, 0.15) is 30.0 Å². The maximum atomic E-state index is 14.6. The van der Waals surface area contributed by atoms with Gasteiger partial charge in [-0.3, -0.25) is 9.89 Å². The zero-order chi connectivity index (χ0) is 27.4. The Labute approximate surface area is 224 Å². The number of benzene rings is 1. The van der Waals surface area contributed by atoms with Crippen molar-refractivity contribution in [3.63, 3.8) is 0 Å². The molecule has 2 aliphatic heterocycles. The predicted octanol–water partition coefficient (Wildman–Crippen LogP) is 3.65. The van der Waals surface area contributed by atoms with E-state index in [2.05, 4.69) is 15.3 Å². The minimum absolute atomic E-state index is 0.00411. The molecule has 0 radical (unpaired) electrons. The summed E-state index contributed by atoms with van der Waals surface area (Å²) in [7, 11) is 0. The number of carboxylic acid groups (broad SMARTS) is 1. The first kappa shape index (κ1) is 28.0. The van der Waals surface area contributed by atoms with Gasteiger partial charge in [-0.05, 0) is 19.1 Å². The summed E-state index contributed by atoms with van der Waals surface area (Å²) in [5.41, 5.74) is 0.567. The summed E-state index contributed by atoms with van der Waals surface area (Å²) < 4.78 is 53.5. The van der Waals surface area contributed by atoms with Crippen LogP contribution in [0.3, 0.4) is 0 Å². The molecule has 14 heteroatoms. The summed E-state index contributed by atoms with van der Waals surface area (Å²) in [4.78, 5) is 34.4. The second-order valence-corrected chi connectivity index (χ2v) is 9.98. The largest absolute Gasteiger partial charge is 0.480 e. The molecule has 2 atom stereocenters. The van der Waals surface area contributed by atoms with Crippen molar-refractivity contribution in [2.75, 3.05) is 32.8 Å². The molecule has 0 aliphatic carbocycles. The Morgan fingerprint density at radius 3 is 2.82 bits per heavy atom. The smallest absolute Gasteiger partial charge is 0.338 e.